The molecule has 1 aromatic heterocycles. The minimum atomic E-state index is -0.362. The maximum atomic E-state index is 12.4. The number of nitriles is 1. The maximum absolute atomic E-state index is 12.4. The van der Waals surface area contributed by atoms with Gasteiger partial charge in [-0.15, -0.1) is 11.8 Å². The van der Waals surface area contributed by atoms with Gasteiger partial charge in [-0.1, -0.05) is 30.3 Å². The van der Waals surface area contributed by atoms with Crippen molar-refractivity contribution < 1.29 is 9.53 Å². The molecule has 0 aliphatic carbocycles. The highest BCUT2D eigenvalue weighted by Gasteiger charge is 2.13. The smallest absolute Gasteiger partial charge is 0.339 e. The van der Waals surface area contributed by atoms with Crippen LogP contribution in [0.1, 0.15) is 27.2 Å². The van der Waals surface area contributed by atoms with Gasteiger partial charge >= 0.3 is 5.97 Å². The molecule has 0 radical (unpaired) electrons. The van der Waals surface area contributed by atoms with E-state index in [1.807, 2.05) is 48.5 Å². The monoisotopic (exact) mass is 360 g/mol. The van der Waals surface area contributed by atoms with Crippen molar-refractivity contribution in [3.63, 3.8) is 0 Å². The number of aromatic nitrogens is 1. The lowest BCUT2D eigenvalue weighted by Gasteiger charge is -2.09. The molecule has 0 spiro atoms. The van der Waals surface area contributed by atoms with Crippen molar-refractivity contribution in [2.45, 2.75) is 17.3 Å². The molecule has 0 amide bonds. The Kier molecular flexibility index (Phi) is 6.02. The van der Waals surface area contributed by atoms with Gasteiger partial charge in [-0.2, -0.15) is 5.26 Å². The SMILES string of the molecule is N#Cc1ccc(CSc2ccccc2C(=O)OCc2ccccn2)cc1. The van der Waals surface area contributed by atoms with Gasteiger partial charge in [0.25, 0.3) is 0 Å². The topological polar surface area (TPSA) is 63.0 Å². The normalized spacial score (nSPS) is 10.1. The number of benzene rings is 2. The summed E-state index contributed by atoms with van der Waals surface area (Å²) in [7, 11) is 0. The third-order valence-corrected chi connectivity index (χ3v) is 4.81. The van der Waals surface area contributed by atoms with Gasteiger partial charge in [0.2, 0.25) is 0 Å². The molecule has 0 unspecified atom stereocenters. The Morgan fingerprint density at radius 3 is 2.54 bits per heavy atom. The first kappa shape index (κ1) is 17.7. The summed E-state index contributed by atoms with van der Waals surface area (Å²) < 4.78 is 5.39. The number of hydrogen-bond donors (Lipinski definition) is 0. The lowest BCUT2D eigenvalue weighted by molar-refractivity contribution is 0.0463. The number of thioether (sulfide) groups is 1. The average Bonchev–Trinajstić information content (AvgIpc) is 2.72. The molecule has 0 N–H and O–H groups in total. The van der Waals surface area contributed by atoms with Crippen LogP contribution in [0.2, 0.25) is 0 Å². The molecule has 3 aromatic rings. The molecule has 4 nitrogen and oxygen atoms in total. The van der Waals surface area contributed by atoms with Crippen LogP contribution in [0.15, 0.2) is 77.8 Å². The van der Waals surface area contributed by atoms with Gasteiger partial charge in [-0.05, 0) is 42.0 Å². The van der Waals surface area contributed by atoms with Crippen LogP contribution in [0.4, 0.5) is 0 Å². The average molecular weight is 360 g/mol. The summed E-state index contributed by atoms with van der Waals surface area (Å²) in [6.07, 6.45) is 1.67. The molecule has 0 bridgehead atoms. The molecule has 3 rings (SSSR count). The van der Waals surface area contributed by atoms with E-state index in [2.05, 4.69) is 11.1 Å². The quantitative estimate of drug-likeness (QED) is 0.475. The summed E-state index contributed by atoms with van der Waals surface area (Å²) in [6.45, 7) is 0.147. The van der Waals surface area contributed by atoms with Gasteiger partial charge < -0.3 is 4.74 Å². The summed E-state index contributed by atoms with van der Waals surface area (Å²) in [6, 6.07) is 22.4. The van der Waals surface area contributed by atoms with E-state index < -0.39 is 0 Å². The number of hydrogen-bond acceptors (Lipinski definition) is 5. The summed E-state index contributed by atoms with van der Waals surface area (Å²) in [5.74, 6) is 0.342. The molecule has 0 saturated carbocycles. The molecule has 0 aliphatic heterocycles. The van der Waals surface area contributed by atoms with E-state index in [4.69, 9.17) is 10.00 Å². The predicted molar refractivity (Wildman–Crippen MR) is 101 cm³/mol. The fraction of sp³-hybridized carbons (Fsp3) is 0.0952. The van der Waals surface area contributed by atoms with Crippen molar-refractivity contribution in [2.75, 3.05) is 0 Å². The molecule has 0 aliphatic rings. The zero-order chi connectivity index (χ0) is 18.2. The van der Waals surface area contributed by atoms with Crippen molar-refractivity contribution in [3.05, 3.63) is 95.3 Å². The van der Waals surface area contributed by atoms with Crippen molar-refractivity contribution in [1.82, 2.24) is 4.98 Å². The molecule has 26 heavy (non-hydrogen) atoms. The Bertz CT molecular complexity index is 919. The minimum absolute atomic E-state index is 0.147. The second-order valence-electron chi connectivity index (χ2n) is 5.49. The Morgan fingerprint density at radius 2 is 1.81 bits per heavy atom. The van der Waals surface area contributed by atoms with Crippen LogP contribution in [0.3, 0.4) is 0 Å². The van der Waals surface area contributed by atoms with Crippen LogP contribution in [0.5, 0.6) is 0 Å². The number of carbonyl (C=O) groups is 1. The van der Waals surface area contributed by atoms with E-state index >= 15 is 0 Å². The van der Waals surface area contributed by atoms with E-state index in [1.54, 1.807) is 36.2 Å². The Hall–Kier alpha value is -3.10. The lowest BCUT2D eigenvalue weighted by atomic mass is 10.2. The van der Waals surface area contributed by atoms with Crippen LogP contribution >= 0.6 is 11.8 Å². The van der Waals surface area contributed by atoms with E-state index in [0.29, 0.717) is 22.6 Å². The summed E-state index contributed by atoms with van der Waals surface area (Å²) >= 11 is 1.56. The third-order valence-electron chi connectivity index (χ3n) is 3.66. The highest BCUT2D eigenvalue weighted by Crippen LogP contribution is 2.27. The Labute approximate surface area is 156 Å². The first-order chi connectivity index (χ1) is 12.8. The first-order valence-corrected chi connectivity index (χ1v) is 9.03. The predicted octanol–water partition coefficient (Wildman–Crippen LogP) is 4.60. The van der Waals surface area contributed by atoms with Crippen LogP contribution in [-0.4, -0.2) is 11.0 Å². The number of carbonyl (C=O) groups excluding carboxylic acids is 1. The minimum Gasteiger partial charge on any atom is -0.456 e. The lowest BCUT2D eigenvalue weighted by Crippen LogP contribution is -2.07. The fourth-order valence-corrected chi connectivity index (χ4v) is 3.29. The molecule has 0 atom stereocenters. The van der Waals surface area contributed by atoms with E-state index in [9.17, 15) is 4.79 Å². The second-order valence-corrected chi connectivity index (χ2v) is 6.51. The maximum Gasteiger partial charge on any atom is 0.339 e. The summed E-state index contributed by atoms with van der Waals surface area (Å²) in [5.41, 5.74) is 2.98. The summed E-state index contributed by atoms with van der Waals surface area (Å²) in [4.78, 5) is 17.4. The molecule has 1 heterocycles. The molecular weight excluding hydrogens is 344 g/mol. The van der Waals surface area contributed by atoms with Crippen LogP contribution in [0, 0.1) is 11.3 Å². The van der Waals surface area contributed by atoms with Crippen molar-refractivity contribution in [1.29, 1.82) is 5.26 Å². The van der Waals surface area contributed by atoms with E-state index in [-0.39, 0.29) is 12.6 Å². The third kappa shape index (κ3) is 4.71. The first-order valence-electron chi connectivity index (χ1n) is 8.04. The van der Waals surface area contributed by atoms with Crippen molar-refractivity contribution >= 4 is 17.7 Å². The van der Waals surface area contributed by atoms with Crippen molar-refractivity contribution in [2.24, 2.45) is 0 Å². The Morgan fingerprint density at radius 1 is 1.04 bits per heavy atom. The zero-order valence-electron chi connectivity index (χ0n) is 14.0. The van der Waals surface area contributed by atoms with Crippen LogP contribution < -0.4 is 0 Å². The standard InChI is InChI=1S/C21H16N2O2S/c22-13-16-8-10-17(11-9-16)15-26-20-7-2-1-6-19(20)21(24)25-14-18-5-3-4-12-23-18/h1-12H,14-15H2. The van der Waals surface area contributed by atoms with E-state index in [1.165, 1.54) is 0 Å². The van der Waals surface area contributed by atoms with Gasteiger partial charge in [-0.3, -0.25) is 4.98 Å². The van der Waals surface area contributed by atoms with Gasteiger partial charge in [0, 0.05) is 16.8 Å². The fourth-order valence-electron chi connectivity index (χ4n) is 2.30. The number of pyridine rings is 1. The number of rotatable bonds is 6. The molecule has 0 saturated heterocycles. The largest absolute Gasteiger partial charge is 0.456 e. The van der Waals surface area contributed by atoms with Gasteiger partial charge in [0.05, 0.1) is 22.9 Å². The highest BCUT2D eigenvalue weighted by molar-refractivity contribution is 7.98. The Balaban J connectivity index is 1.65. The van der Waals surface area contributed by atoms with Crippen LogP contribution in [0.25, 0.3) is 0 Å². The molecule has 5 heteroatoms. The molecule has 128 valence electrons. The molecule has 0 fully saturated rings. The van der Waals surface area contributed by atoms with Crippen molar-refractivity contribution in [3.8, 4) is 6.07 Å². The van der Waals surface area contributed by atoms with Crippen LogP contribution in [-0.2, 0) is 17.1 Å². The summed E-state index contributed by atoms with van der Waals surface area (Å²) in [5, 5.41) is 8.86. The number of esters is 1. The van der Waals surface area contributed by atoms with Gasteiger partial charge in [-0.25, -0.2) is 4.79 Å². The molecular formula is C21H16N2O2S. The van der Waals surface area contributed by atoms with Gasteiger partial charge in [0.1, 0.15) is 6.61 Å². The number of ether oxygens (including phenoxy) is 1. The molecule has 2 aromatic carbocycles. The highest BCUT2D eigenvalue weighted by atomic mass is 32.2. The number of nitrogens with zero attached hydrogens (tertiary/aromatic N) is 2. The van der Waals surface area contributed by atoms with E-state index in [0.717, 1.165) is 10.5 Å². The zero-order valence-corrected chi connectivity index (χ0v) is 14.8. The van der Waals surface area contributed by atoms with Gasteiger partial charge in [0.15, 0.2) is 0 Å². The second kappa shape index (κ2) is 8.84.